The predicted molar refractivity (Wildman–Crippen MR) is 122 cm³/mol. The molecule has 0 unspecified atom stereocenters. The molecular weight excluding hydrogens is 430 g/mol. The Morgan fingerprint density at radius 3 is 2.77 bits per heavy atom. The summed E-state index contributed by atoms with van der Waals surface area (Å²) in [6, 6.07) is 15.4. The number of benzene rings is 1. The summed E-state index contributed by atoms with van der Waals surface area (Å²) in [5, 5.41) is 16.0. The lowest BCUT2D eigenvalue weighted by molar-refractivity contribution is -0.114. The number of amidine groups is 2. The van der Waals surface area contributed by atoms with E-state index in [2.05, 4.69) is 15.1 Å². The smallest absolute Gasteiger partial charge is 0.283 e. The van der Waals surface area contributed by atoms with E-state index in [9.17, 15) is 4.79 Å². The lowest BCUT2D eigenvalue weighted by Crippen LogP contribution is -2.35. The average molecular weight is 446 g/mol. The molecule has 2 aliphatic heterocycles. The molecule has 0 saturated carbocycles. The van der Waals surface area contributed by atoms with E-state index in [0.717, 1.165) is 10.5 Å². The van der Waals surface area contributed by atoms with Crippen molar-refractivity contribution in [1.29, 1.82) is 5.41 Å². The van der Waals surface area contributed by atoms with Crippen molar-refractivity contribution in [3.05, 3.63) is 83.4 Å². The number of aryl methyl sites for hydroxylation is 1. The number of furan rings is 1. The summed E-state index contributed by atoms with van der Waals surface area (Å²) in [4.78, 5) is 21.8. The minimum atomic E-state index is -0.490. The van der Waals surface area contributed by atoms with E-state index in [1.54, 1.807) is 18.5 Å². The number of amides is 1. The Balaban J connectivity index is 1.38. The summed E-state index contributed by atoms with van der Waals surface area (Å²) in [5.41, 5.74) is 2.12. The van der Waals surface area contributed by atoms with Gasteiger partial charge >= 0.3 is 0 Å². The lowest BCUT2D eigenvalue weighted by Gasteiger charge is -2.19. The number of fused-ring (bicyclic) bond motifs is 1. The molecule has 4 heterocycles. The van der Waals surface area contributed by atoms with Gasteiger partial charge in [0.05, 0.1) is 5.57 Å². The zero-order valence-corrected chi connectivity index (χ0v) is 17.9. The van der Waals surface area contributed by atoms with E-state index in [4.69, 9.17) is 9.83 Å². The molecule has 0 bridgehead atoms. The van der Waals surface area contributed by atoms with Gasteiger partial charge in [0.2, 0.25) is 5.17 Å². The third-order valence-electron chi connectivity index (χ3n) is 4.49. The van der Waals surface area contributed by atoms with Crippen molar-refractivity contribution in [3.63, 3.8) is 0 Å². The molecular formula is C22H15N5O2S2. The van der Waals surface area contributed by atoms with Gasteiger partial charge in [-0.1, -0.05) is 29.5 Å². The van der Waals surface area contributed by atoms with Gasteiger partial charge in [0.15, 0.2) is 10.9 Å². The number of aromatic nitrogens is 1. The molecule has 1 aromatic carbocycles. The normalized spacial score (nSPS) is 17.1. The van der Waals surface area contributed by atoms with Crippen LogP contribution in [0.25, 0.3) is 6.08 Å². The molecule has 0 fully saturated rings. The quantitative estimate of drug-likeness (QED) is 0.580. The number of hydrogen-bond acceptors (Lipinski definition) is 7. The number of aliphatic imine (C=N–C) groups is 1. The Bertz CT molecular complexity index is 1280. The van der Waals surface area contributed by atoms with Gasteiger partial charge in [-0.3, -0.25) is 15.2 Å². The number of nitrogens with zero attached hydrogens (tertiary/aromatic N) is 4. The summed E-state index contributed by atoms with van der Waals surface area (Å²) in [6.07, 6.45) is 4.89. The summed E-state index contributed by atoms with van der Waals surface area (Å²) < 4.78 is 5.84. The number of carbonyl (C=O) groups excluding carboxylic acids is 1. The highest BCUT2D eigenvalue weighted by molar-refractivity contribution is 8.27. The molecule has 0 saturated heterocycles. The van der Waals surface area contributed by atoms with Crippen molar-refractivity contribution in [1.82, 2.24) is 9.99 Å². The molecule has 1 amide bonds. The molecule has 3 aromatic rings. The molecule has 7 nitrogen and oxygen atoms in total. The third-order valence-corrected chi connectivity index (χ3v) is 6.38. The monoisotopic (exact) mass is 445 g/mol. The highest BCUT2D eigenvalue weighted by Gasteiger charge is 2.36. The van der Waals surface area contributed by atoms with Crippen LogP contribution in [0, 0.1) is 12.3 Å². The standard InChI is InChI=1S/C22H15N5O2S2/c1-13-4-7-16(8-5-13)30-18-9-6-15(29-18)11-17-19(23)27-22(25-20(17)28)31-21(26-27)14-3-2-10-24-12-14/h2-12,23H,1H3/b17-11-,23-19?. The maximum atomic E-state index is 12.6. The first-order valence-electron chi connectivity index (χ1n) is 9.32. The Morgan fingerprint density at radius 2 is 2.00 bits per heavy atom. The van der Waals surface area contributed by atoms with Crippen LogP contribution < -0.4 is 0 Å². The van der Waals surface area contributed by atoms with Gasteiger partial charge in [-0.05, 0) is 61.2 Å². The summed E-state index contributed by atoms with van der Waals surface area (Å²) in [5.74, 6) is -0.0503. The largest absolute Gasteiger partial charge is 0.450 e. The SMILES string of the molecule is Cc1ccc(Sc2ccc(/C=C3/C(=N)N4N=C(c5cccnc5)SC4=NC3=O)o2)cc1. The molecule has 152 valence electrons. The van der Waals surface area contributed by atoms with Crippen LogP contribution in [0.3, 0.4) is 0 Å². The van der Waals surface area contributed by atoms with Gasteiger partial charge in [-0.15, -0.1) is 0 Å². The van der Waals surface area contributed by atoms with Crippen LogP contribution in [0.4, 0.5) is 0 Å². The number of thioether (sulfide) groups is 1. The second-order valence-corrected chi connectivity index (χ2v) is 8.77. The Hall–Kier alpha value is -3.43. The second kappa shape index (κ2) is 8.01. The lowest BCUT2D eigenvalue weighted by atomic mass is 10.1. The number of carbonyl (C=O) groups is 1. The minimum absolute atomic E-state index is 0.0365. The Labute approximate surface area is 186 Å². The van der Waals surface area contributed by atoms with Crippen molar-refractivity contribution in [2.75, 3.05) is 0 Å². The number of nitrogens with one attached hydrogen (secondary N) is 1. The topological polar surface area (TPSA) is 94.9 Å². The van der Waals surface area contributed by atoms with Gasteiger partial charge < -0.3 is 4.42 Å². The van der Waals surface area contributed by atoms with Gasteiger partial charge in [0.25, 0.3) is 5.91 Å². The zero-order chi connectivity index (χ0) is 21.4. The van der Waals surface area contributed by atoms with E-state index >= 15 is 0 Å². The maximum Gasteiger partial charge on any atom is 0.283 e. The van der Waals surface area contributed by atoms with E-state index in [1.165, 1.54) is 40.2 Å². The van der Waals surface area contributed by atoms with Crippen molar-refractivity contribution in [2.45, 2.75) is 16.9 Å². The highest BCUT2D eigenvalue weighted by atomic mass is 32.2. The molecule has 0 aliphatic carbocycles. The highest BCUT2D eigenvalue weighted by Crippen LogP contribution is 2.32. The molecule has 2 aliphatic rings. The van der Waals surface area contributed by atoms with Crippen LogP contribution >= 0.6 is 23.5 Å². The van der Waals surface area contributed by atoms with E-state index in [-0.39, 0.29) is 11.4 Å². The Kier molecular flexibility index (Phi) is 5.05. The predicted octanol–water partition coefficient (Wildman–Crippen LogP) is 4.80. The molecule has 1 N–H and O–H groups in total. The number of hydrazone groups is 1. The first kappa shape index (κ1) is 19.5. The fraction of sp³-hybridized carbons (Fsp3) is 0.0455. The van der Waals surface area contributed by atoms with Gasteiger partial charge in [-0.2, -0.15) is 15.1 Å². The van der Waals surface area contributed by atoms with Crippen molar-refractivity contribution >= 4 is 51.6 Å². The minimum Gasteiger partial charge on any atom is -0.450 e. The summed E-state index contributed by atoms with van der Waals surface area (Å²) >= 11 is 2.73. The molecule has 9 heteroatoms. The molecule has 0 spiro atoms. The zero-order valence-electron chi connectivity index (χ0n) is 16.3. The fourth-order valence-electron chi connectivity index (χ4n) is 2.93. The number of hydrogen-bond donors (Lipinski definition) is 1. The van der Waals surface area contributed by atoms with Crippen molar-refractivity contribution in [3.8, 4) is 0 Å². The maximum absolute atomic E-state index is 12.6. The van der Waals surface area contributed by atoms with Crippen LogP contribution in [0.1, 0.15) is 16.9 Å². The van der Waals surface area contributed by atoms with Crippen LogP contribution in [-0.4, -0.2) is 31.9 Å². The molecule has 5 rings (SSSR count). The number of pyridine rings is 1. The first-order valence-corrected chi connectivity index (χ1v) is 10.9. The molecule has 0 atom stereocenters. The summed E-state index contributed by atoms with van der Waals surface area (Å²) in [6.45, 7) is 2.04. The molecule has 2 aromatic heterocycles. The van der Waals surface area contributed by atoms with E-state index in [0.29, 0.717) is 21.1 Å². The Morgan fingerprint density at radius 1 is 1.16 bits per heavy atom. The van der Waals surface area contributed by atoms with Crippen LogP contribution in [-0.2, 0) is 4.79 Å². The fourth-order valence-corrected chi connectivity index (χ4v) is 4.59. The average Bonchev–Trinajstić information content (AvgIpc) is 3.40. The third kappa shape index (κ3) is 3.97. The number of rotatable bonds is 4. The van der Waals surface area contributed by atoms with Crippen LogP contribution in [0.5, 0.6) is 0 Å². The van der Waals surface area contributed by atoms with E-state index < -0.39 is 5.91 Å². The molecule has 0 radical (unpaired) electrons. The van der Waals surface area contributed by atoms with Gasteiger partial charge in [0, 0.05) is 22.9 Å². The van der Waals surface area contributed by atoms with Gasteiger partial charge in [0.1, 0.15) is 10.8 Å². The summed E-state index contributed by atoms with van der Waals surface area (Å²) in [7, 11) is 0. The molecule has 31 heavy (non-hydrogen) atoms. The van der Waals surface area contributed by atoms with Crippen LogP contribution in [0.2, 0.25) is 0 Å². The van der Waals surface area contributed by atoms with Crippen LogP contribution in [0.15, 0.2) is 91.0 Å². The van der Waals surface area contributed by atoms with Gasteiger partial charge in [-0.25, -0.2) is 0 Å². The second-order valence-electron chi connectivity index (χ2n) is 6.74. The van der Waals surface area contributed by atoms with Crippen molar-refractivity contribution < 1.29 is 9.21 Å². The first-order chi connectivity index (χ1) is 15.1. The van der Waals surface area contributed by atoms with E-state index in [1.807, 2.05) is 49.4 Å². The van der Waals surface area contributed by atoms with Crippen molar-refractivity contribution in [2.24, 2.45) is 10.1 Å².